The molecule has 1 aliphatic carbocycles. The molecule has 2 aliphatic rings. The van der Waals surface area contributed by atoms with Gasteiger partial charge in [0.2, 0.25) is 5.91 Å². The van der Waals surface area contributed by atoms with Gasteiger partial charge in [-0.1, -0.05) is 0 Å². The summed E-state index contributed by atoms with van der Waals surface area (Å²) in [5.41, 5.74) is -0.863. The van der Waals surface area contributed by atoms with Crippen LogP contribution in [0.15, 0.2) is 42.5 Å². The summed E-state index contributed by atoms with van der Waals surface area (Å²) in [6, 6.07) is 11.0. The van der Waals surface area contributed by atoms with Crippen molar-refractivity contribution in [2.45, 2.75) is 57.7 Å². The van der Waals surface area contributed by atoms with Crippen LogP contribution in [0, 0.1) is 22.0 Å². The van der Waals surface area contributed by atoms with E-state index in [-0.39, 0.29) is 23.6 Å². The number of halogens is 3. The number of hydrogen-bond acceptors (Lipinski definition) is 6. The number of alkyl halides is 3. The molecule has 2 fully saturated rings. The average molecular weight is 549 g/mol. The molecule has 11 heteroatoms. The largest absolute Gasteiger partial charge is 0.494 e. The summed E-state index contributed by atoms with van der Waals surface area (Å²) in [6.45, 7) is 5.12. The second kappa shape index (κ2) is 12.6. The number of rotatable bonds is 9. The predicted molar refractivity (Wildman–Crippen MR) is 143 cm³/mol. The van der Waals surface area contributed by atoms with Gasteiger partial charge in [-0.05, 0) is 87.8 Å². The highest BCUT2D eigenvalue weighted by molar-refractivity contribution is 5.78. The minimum atomic E-state index is -4.82. The summed E-state index contributed by atoms with van der Waals surface area (Å²) in [5.74, 6) is 1.22. The molecule has 4 rings (SSSR count). The lowest BCUT2D eigenvalue weighted by atomic mass is 9.85. The third-order valence-electron chi connectivity index (χ3n) is 7.66. The smallest absolute Gasteiger partial charge is 0.423 e. The van der Waals surface area contributed by atoms with E-state index in [1.54, 1.807) is 0 Å². The Balaban J connectivity index is 1.19. The maximum absolute atomic E-state index is 13.3. The Morgan fingerprint density at radius 1 is 1.05 bits per heavy atom. The summed E-state index contributed by atoms with van der Waals surface area (Å²) >= 11 is 0. The van der Waals surface area contributed by atoms with Gasteiger partial charge >= 0.3 is 6.18 Å². The molecule has 8 nitrogen and oxygen atoms in total. The number of nitro benzene ring substituents is 1. The van der Waals surface area contributed by atoms with Crippen molar-refractivity contribution in [3.63, 3.8) is 0 Å². The lowest BCUT2D eigenvalue weighted by Crippen LogP contribution is -2.41. The number of carbonyl (C=O) groups is 1. The van der Waals surface area contributed by atoms with Crippen LogP contribution in [0.25, 0.3) is 0 Å². The van der Waals surface area contributed by atoms with Gasteiger partial charge in [-0.2, -0.15) is 13.2 Å². The van der Waals surface area contributed by atoms with Crippen LogP contribution in [-0.4, -0.2) is 43.1 Å². The van der Waals surface area contributed by atoms with Crippen LogP contribution in [0.3, 0.4) is 0 Å². The van der Waals surface area contributed by atoms with Gasteiger partial charge in [-0.3, -0.25) is 14.9 Å². The fraction of sp³-hybridized carbons (Fsp3) is 0.536. The van der Waals surface area contributed by atoms with E-state index in [4.69, 9.17) is 4.74 Å². The van der Waals surface area contributed by atoms with E-state index in [0.29, 0.717) is 44.8 Å². The van der Waals surface area contributed by atoms with Crippen molar-refractivity contribution in [2.24, 2.45) is 11.8 Å². The number of nitro groups is 1. The van der Waals surface area contributed by atoms with Crippen molar-refractivity contribution in [1.82, 2.24) is 5.32 Å². The summed E-state index contributed by atoms with van der Waals surface area (Å²) in [4.78, 5) is 25.1. The van der Waals surface area contributed by atoms with Crippen LogP contribution < -0.4 is 20.3 Å². The number of piperidine rings is 1. The Bertz CT molecular complexity index is 1130. The predicted octanol–water partition coefficient (Wildman–Crippen LogP) is 6.02. The SMILES string of the molecule is CCOc1ccc(N2CCC(CNC(=O)[C@H]3CC[C@H](Nc4ccc([N+](=O)[O-])c(C(F)(F)F)c4)CC3)CC2)cc1. The highest BCUT2D eigenvalue weighted by Crippen LogP contribution is 2.38. The molecule has 0 unspecified atom stereocenters. The molecule has 1 amide bonds. The maximum atomic E-state index is 13.3. The van der Waals surface area contributed by atoms with E-state index >= 15 is 0 Å². The first-order valence-electron chi connectivity index (χ1n) is 13.5. The van der Waals surface area contributed by atoms with Crippen molar-refractivity contribution in [3.05, 3.63) is 58.1 Å². The van der Waals surface area contributed by atoms with Gasteiger partial charge in [-0.25, -0.2) is 0 Å². The van der Waals surface area contributed by atoms with E-state index in [9.17, 15) is 28.1 Å². The minimum absolute atomic E-state index is 0.0390. The quantitative estimate of drug-likeness (QED) is 0.294. The number of anilines is 2. The topological polar surface area (TPSA) is 96.7 Å². The second-order valence-electron chi connectivity index (χ2n) is 10.3. The Kier molecular flexibility index (Phi) is 9.19. The number of benzene rings is 2. The maximum Gasteiger partial charge on any atom is 0.423 e. The van der Waals surface area contributed by atoms with Gasteiger partial charge in [-0.15, -0.1) is 0 Å². The van der Waals surface area contributed by atoms with Gasteiger partial charge < -0.3 is 20.3 Å². The molecule has 2 aromatic carbocycles. The van der Waals surface area contributed by atoms with Gasteiger partial charge in [0.05, 0.1) is 11.5 Å². The lowest BCUT2D eigenvalue weighted by Gasteiger charge is -2.34. The van der Waals surface area contributed by atoms with Crippen molar-refractivity contribution in [2.75, 3.05) is 36.5 Å². The summed E-state index contributed by atoms with van der Waals surface area (Å²) < 4.78 is 45.3. The normalized spacial score (nSPS) is 20.4. The Morgan fingerprint density at radius 2 is 1.72 bits per heavy atom. The van der Waals surface area contributed by atoms with Crippen molar-refractivity contribution < 1.29 is 27.6 Å². The number of ether oxygens (including phenoxy) is 1. The van der Waals surface area contributed by atoms with Gasteiger partial charge in [0, 0.05) is 49.0 Å². The summed E-state index contributed by atoms with van der Waals surface area (Å²) in [5, 5.41) is 17.2. The molecular formula is C28H35F3N4O4. The number of hydrogen-bond donors (Lipinski definition) is 2. The zero-order valence-corrected chi connectivity index (χ0v) is 22.0. The van der Waals surface area contributed by atoms with Crippen LogP contribution in [0.2, 0.25) is 0 Å². The van der Waals surface area contributed by atoms with Crippen LogP contribution in [-0.2, 0) is 11.0 Å². The number of amides is 1. The van der Waals surface area contributed by atoms with Crippen molar-refractivity contribution in [1.29, 1.82) is 0 Å². The van der Waals surface area contributed by atoms with Crippen molar-refractivity contribution in [3.8, 4) is 5.75 Å². The fourth-order valence-corrected chi connectivity index (χ4v) is 5.45. The first kappa shape index (κ1) is 28.5. The van der Waals surface area contributed by atoms with E-state index in [0.717, 1.165) is 43.8 Å². The molecule has 39 heavy (non-hydrogen) atoms. The molecule has 212 valence electrons. The number of nitrogens with zero attached hydrogens (tertiary/aromatic N) is 2. The molecule has 1 aliphatic heterocycles. The molecule has 0 atom stereocenters. The first-order valence-corrected chi connectivity index (χ1v) is 13.5. The van der Waals surface area contributed by atoms with E-state index < -0.39 is 22.4 Å². The monoisotopic (exact) mass is 548 g/mol. The van der Waals surface area contributed by atoms with Gasteiger partial charge in [0.25, 0.3) is 5.69 Å². The van der Waals surface area contributed by atoms with E-state index in [1.165, 1.54) is 11.8 Å². The summed E-state index contributed by atoms with van der Waals surface area (Å²) in [6.07, 6.45) is -0.272. The zero-order valence-electron chi connectivity index (χ0n) is 22.0. The third kappa shape index (κ3) is 7.54. The number of carbonyl (C=O) groups excluding carboxylic acids is 1. The molecule has 1 saturated carbocycles. The minimum Gasteiger partial charge on any atom is -0.494 e. The Morgan fingerprint density at radius 3 is 2.31 bits per heavy atom. The fourth-order valence-electron chi connectivity index (χ4n) is 5.45. The standard InChI is InChI=1S/C28H35F3N4O4/c1-2-39-24-10-8-23(9-11-24)34-15-13-19(14-16-34)18-32-27(36)20-3-5-21(6-4-20)33-22-7-12-26(35(37)38)25(17-22)28(29,30)31/h7-12,17,19-21,33H,2-6,13-16,18H2,1H3,(H,32,36)/t20-,21-. The van der Waals surface area contributed by atoms with E-state index in [1.807, 2.05) is 19.1 Å². The third-order valence-corrected chi connectivity index (χ3v) is 7.66. The highest BCUT2D eigenvalue weighted by Gasteiger charge is 2.38. The molecule has 0 spiro atoms. The molecule has 0 radical (unpaired) electrons. The van der Waals surface area contributed by atoms with Crippen LogP contribution in [0.4, 0.5) is 30.2 Å². The zero-order chi connectivity index (χ0) is 28.0. The van der Waals surface area contributed by atoms with Crippen molar-refractivity contribution >= 4 is 23.0 Å². The van der Waals surface area contributed by atoms with Crippen LogP contribution >= 0.6 is 0 Å². The van der Waals surface area contributed by atoms with Crippen LogP contribution in [0.1, 0.15) is 51.0 Å². The second-order valence-corrected chi connectivity index (χ2v) is 10.3. The molecule has 0 aromatic heterocycles. The average Bonchev–Trinajstić information content (AvgIpc) is 2.92. The molecular weight excluding hydrogens is 513 g/mol. The molecule has 1 saturated heterocycles. The Hall–Kier alpha value is -3.50. The molecule has 1 heterocycles. The Labute approximate surface area is 226 Å². The molecule has 2 aromatic rings. The lowest BCUT2D eigenvalue weighted by molar-refractivity contribution is -0.388. The highest BCUT2D eigenvalue weighted by atomic mass is 19.4. The van der Waals surface area contributed by atoms with E-state index in [2.05, 4.69) is 27.7 Å². The summed E-state index contributed by atoms with van der Waals surface area (Å²) in [7, 11) is 0. The van der Waals surface area contributed by atoms with Crippen LogP contribution in [0.5, 0.6) is 5.75 Å². The number of nitrogens with one attached hydrogen (secondary N) is 2. The molecule has 0 bridgehead atoms. The molecule has 2 N–H and O–H groups in total. The first-order chi connectivity index (χ1) is 18.6. The van der Waals surface area contributed by atoms with Gasteiger partial charge in [0.1, 0.15) is 11.3 Å². The van der Waals surface area contributed by atoms with Gasteiger partial charge in [0.15, 0.2) is 0 Å².